The molecule has 1 N–H and O–H groups in total. The molecule has 0 radical (unpaired) electrons. The lowest BCUT2D eigenvalue weighted by molar-refractivity contribution is 0.102. The van der Waals surface area contributed by atoms with Crippen LogP contribution in [0.1, 0.15) is 10.4 Å². The summed E-state index contributed by atoms with van der Waals surface area (Å²) in [6, 6.07) is 20.4. The molecular formula is C23H19FN4O3. The molecule has 1 amide bonds. The number of nitrogens with one attached hydrogen (secondary N) is 1. The maximum absolute atomic E-state index is 13.9. The van der Waals surface area contributed by atoms with Gasteiger partial charge >= 0.3 is 6.01 Å². The van der Waals surface area contributed by atoms with E-state index in [1.54, 1.807) is 36.1 Å². The number of amides is 1. The van der Waals surface area contributed by atoms with Gasteiger partial charge in [-0.25, -0.2) is 9.07 Å². The Hall–Kier alpha value is -4.20. The van der Waals surface area contributed by atoms with Gasteiger partial charge in [-0.15, -0.1) is 5.10 Å². The van der Waals surface area contributed by atoms with Gasteiger partial charge in [-0.05, 0) is 54.6 Å². The van der Waals surface area contributed by atoms with Gasteiger partial charge in [0, 0.05) is 11.3 Å². The predicted octanol–water partition coefficient (Wildman–Crippen LogP) is 4.34. The summed E-state index contributed by atoms with van der Waals surface area (Å²) in [7, 11) is 3.09. The van der Waals surface area contributed by atoms with Gasteiger partial charge in [0.05, 0.1) is 25.5 Å². The van der Waals surface area contributed by atoms with Crippen molar-refractivity contribution < 1.29 is 18.7 Å². The van der Waals surface area contributed by atoms with Gasteiger partial charge in [0.25, 0.3) is 5.91 Å². The third-order valence-electron chi connectivity index (χ3n) is 4.59. The number of carbonyl (C=O) groups is 1. The number of hydrogen-bond donors (Lipinski definition) is 1. The zero-order valence-electron chi connectivity index (χ0n) is 16.9. The SMILES string of the molecule is COc1ccc(-c2nc(OC)nn2-c2cccc(NC(=O)c3ccccc3F)c2)cc1. The lowest BCUT2D eigenvalue weighted by Crippen LogP contribution is -2.14. The van der Waals surface area contributed by atoms with E-state index in [0.717, 1.165) is 11.3 Å². The summed E-state index contributed by atoms with van der Waals surface area (Å²) in [6.45, 7) is 0. The van der Waals surface area contributed by atoms with Crippen molar-refractivity contribution in [3.63, 3.8) is 0 Å². The van der Waals surface area contributed by atoms with E-state index in [2.05, 4.69) is 15.4 Å². The maximum Gasteiger partial charge on any atom is 0.336 e. The van der Waals surface area contributed by atoms with Crippen LogP contribution in [0.2, 0.25) is 0 Å². The smallest absolute Gasteiger partial charge is 0.336 e. The number of rotatable bonds is 6. The molecule has 0 saturated carbocycles. The average molecular weight is 418 g/mol. The van der Waals surface area contributed by atoms with Crippen molar-refractivity contribution in [1.82, 2.24) is 14.8 Å². The van der Waals surface area contributed by atoms with Gasteiger partial charge in [-0.1, -0.05) is 18.2 Å². The van der Waals surface area contributed by atoms with Crippen LogP contribution in [0.3, 0.4) is 0 Å². The maximum atomic E-state index is 13.9. The summed E-state index contributed by atoms with van der Waals surface area (Å²) >= 11 is 0. The van der Waals surface area contributed by atoms with Crippen LogP contribution in [-0.4, -0.2) is 34.9 Å². The molecule has 0 aliphatic carbocycles. The van der Waals surface area contributed by atoms with Crippen LogP contribution in [0.4, 0.5) is 10.1 Å². The van der Waals surface area contributed by atoms with Crippen LogP contribution >= 0.6 is 0 Å². The highest BCUT2D eigenvalue weighted by molar-refractivity contribution is 6.04. The summed E-state index contributed by atoms with van der Waals surface area (Å²) in [4.78, 5) is 16.9. The highest BCUT2D eigenvalue weighted by Crippen LogP contribution is 2.26. The van der Waals surface area contributed by atoms with E-state index in [0.29, 0.717) is 17.2 Å². The highest BCUT2D eigenvalue weighted by atomic mass is 19.1. The minimum absolute atomic E-state index is 0.0331. The van der Waals surface area contributed by atoms with Gasteiger partial charge in [-0.3, -0.25) is 4.79 Å². The lowest BCUT2D eigenvalue weighted by Gasteiger charge is -2.10. The standard InChI is InChI=1S/C23H19FN4O3/c1-30-18-12-10-15(11-13-18)21-26-23(31-2)27-28(21)17-7-5-6-16(14-17)25-22(29)19-8-3-4-9-20(19)24/h3-14H,1-2H3,(H,25,29). The van der Waals surface area contributed by atoms with Crippen molar-refractivity contribution in [2.24, 2.45) is 0 Å². The van der Waals surface area contributed by atoms with Crippen LogP contribution in [0, 0.1) is 5.82 Å². The normalized spacial score (nSPS) is 10.5. The molecule has 0 spiro atoms. The third-order valence-corrected chi connectivity index (χ3v) is 4.59. The number of ether oxygens (including phenoxy) is 2. The first-order valence-corrected chi connectivity index (χ1v) is 9.41. The minimum atomic E-state index is -0.584. The van der Waals surface area contributed by atoms with Gasteiger partial charge in [0.2, 0.25) is 0 Å². The van der Waals surface area contributed by atoms with Crippen molar-refractivity contribution in [2.45, 2.75) is 0 Å². The molecule has 0 aliphatic rings. The Kier molecular flexibility index (Phi) is 5.61. The predicted molar refractivity (Wildman–Crippen MR) is 114 cm³/mol. The number of benzene rings is 3. The fourth-order valence-electron chi connectivity index (χ4n) is 3.05. The van der Waals surface area contributed by atoms with Crippen LogP contribution in [0.25, 0.3) is 17.1 Å². The monoisotopic (exact) mass is 418 g/mol. The van der Waals surface area contributed by atoms with Gasteiger partial charge < -0.3 is 14.8 Å². The second kappa shape index (κ2) is 8.66. The Labute approximate surface area is 178 Å². The topological polar surface area (TPSA) is 78.3 Å². The zero-order valence-corrected chi connectivity index (χ0v) is 16.9. The van der Waals surface area contributed by atoms with E-state index in [4.69, 9.17) is 9.47 Å². The van der Waals surface area contributed by atoms with Crippen molar-refractivity contribution >= 4 is 11.6 Å². The van der Waals surface area contributed by atoms with Gasteiger partial charge in [-0.2, -0.15) is 4.98 Å². The quantitative estimate of drug-likeness (QED) is 0.504. The third kappa shape index (κ3) is 4.23. The summed E-state index contributed by atoms with van der Waals surface area (Å²) < 4.78 is 25.9. The van der Waals surface area contributed by atoms with Crippen LogP contribution < -0.4 is 14.8 Å². The second-order valence-electron chi connectivity index (χ2n) is 6.55. The minimum Gasteiger partial charge on any atom is -0.497 e. The number of anilines is 1. The number of carbonyl (C=O) groups excluding carboxylic acids is 1. The summed E-state index contributed by atoms with van der Waals surface area (Å²) in [5, 5.41) is 7.11. The van der Waals surface area contributed by atoms with Gasteiger partial charge in [0.1, 0.15) is 11.6 Å². The number of nitrogens with zero attached hydrogens (tertiary/aromatic N) is 3. The van der Waals surface area contributed by atoms with Gasteiger partial charge in [0.15, 0.2) is 5.82 Å². The van der Waals surface area contributed by atoms with Crippen LogP contribution in [-0.2, 0) is 0 Å². The van der Waals surface area contributed by atoms with E-state index in [1.807, 2.05) is 30.3 Å². The molecule has 1 aromatic heterocycles. The molecule has 8 heteroatoms. The summed E-state index contributed by atoms with van der Waals surface area (Å²) in [5.74, 6) is 0.150. The lowest BCUT2D eigenvalue weighted by atomic mass is 10.2. The fraction of sp³-hybridized carbons (Fsp3) is 0.0870. The number of aromatic nitrogens is 3. The molecule has 0 saturated heterocycles. The molecule has 7 nitrogen and oxygen atoms in total. The Bertz CT molecular complexity index is 1220. The van der Waals surface area contributed by atoms with Crippen molar-refractivity contribution in [3.8, 4) is 28.8 Å². The first kappa shape index (κ1) is 20.1. The van der Waals surface area contributed by atoms with Crippen LogP contribution in [0.5, 0.6) is 11.8 Å². The zero-order chi connectivity index (χ0) is 21.8. The molecule has 31 heavy (non-hydrogen) atoms. The molecular weight excluding hydrogens is 399 g/mol. The second-order valence-corrected chi connectivity index (χ2v) is 6.55. The summed E-state index contributed by atoms with van der Waals surface area (Å²) in [6.07, 6.45) is 0. The first-order chi connectivity index (χ1) is 15.1. The number of hydrogen-bond acceptors (Lipinski definition) is 5. The molecule has 0 bridgehead atoms. The Morgan fingerprint density at radius 1 is 0.968 bits per heavy atom. The average Bonchev–Trinajstić information content (AvgIpc) is 3.24. The van der Waals surface area contributed by atoms with E-state index < -0.39 is 11.7 Å². The first-order valence-electron chi connectivity index (χ1n) is 9.41. The highest BCUT2D eigenvalue weighted by Gasteiger charge is 2.16. The Morgan fingerprint density at radius 3 is 2.45 bits per heavy atom. The number of halogens is 1. The van der Waals surface area contributed by atoms with E-state index in [9.17, 15) is 9.18 Å². The molecule has 3 aromatic carbocycles. The van der Waals surface area contributed by atoms with E-state index in [-0.39, 0.29) is 11.6 Å². The fourth-order valence-corrected chi connectivity index (χ4v) is 3.05. The van der Waals surface area contributed by atoms with E-state index in [1.165, 1.54) is 25.3 Å². The molecule has 0 unspecified atom stereocenters. The Morgan fingerprint density at radius 2 is 1.74 bits per heavy atom. The molecule has 0 atom stereocenters. The molecule has 1 heterocycles. The van der Waals surface area contributed by atoms with Crippen molar-refractivity contribution in [3.05, 3.63) is 84.2 Å². The molecule has 4 aromatic rings. The van der Waals surface area contributed by atoms with Crippen molar-refractivity contribution in [2.75, 3.05) is 19.5 Å². The molecule has 4 rings (SSSR count). The van der Waals surface area contributed by atoms with Crippen LogP contribution in [0.15, 0.2) is 72.8 Å². The Balaban J connectivity index is 1.68. The molecule has 0 fully saturated rings. The molecule has 156 valence electrons. The molecule has 0 aliphatic heterocycles. The largest absolute Gasteiger partial charge is 0.497 e. The number of methoxy groups -OCH3 is 2. The van der Waals surface area contributed by atoms with E-state index >= 15 is 0 Å². The summed E-state index contributed by atoms with van der Waals surface area (Å²) in [5.41, 5.74) is 1.90. The van der Waals surface area contributed by atoms with Crippen molar-refractivity contribution in [1.29, 1.82) is 0 Å².